The average molecular weight is 748 g/mol. The number of rotatable bonds is 13. The lowest BCUT2D eigenvalue weighted by Gasteiger charge is -2.13. The van der Waals surface area contributed by atoms with Gasteiger partial charge < -0.3 is 20.1 Å². The van der Waals surface area contributed by atoms with Crippen LogP contribution < -0.4 is 20.1 Å². The smallest absolute Gasteiger partial charge is 0.220 e. The number of benzene rings is 3. The maximum absolute atomic E-state index is 13.5. The van der Waals surface area contributed by atoms with E-state index in [-0.39, 0.29) is 23.8 Å². The molecule has 0 saturated heterocycles. The SMILES string of the molecule is COc1cc2ncnc(Nc3ccc(OCc4cccc(F)c4)c(Br)c3)c2cc1-c1csc(CCNCC(c2ccccn2)=S(=O)=O)n1. The van der Waals surface area contributed by atoms with Gasteiger partial charge in [0.2, 0.25) is 10.3 Å². The molecule has 10 nitrogen and oxygen atoms in total. The first-order valence-electron chi connectivity index (χ1n) is 14.7. The van der Waals surface area contributed by atoms with Crippen molar-refractivity contribution in [3.05, 3.63) is 117 Å². The van der Waals surface area contributed by atoms with Gasteiger partial charge in [0, 0.05) is 53.8 Å². The fourth-order valence-electron chi connectivity index (χ4n) is 4.88. The topological polar surface area (TPSA) is 128 Å². The lowest BCUT2D eigenvalue weighted by molar-refractivity contribution is 0.303. The molecule has 0 fully saturated rings. The number of nitrogens with zero attached hydrogens (tertiary/aromatic N) is 4. The van der Waals surface area contributed by atoms with E-state index in [9.17, 15) is 12.8 Å². The van der Waals surface area contributed by atoms with Gasteiger partial charge in [-0.15, -0.1) is 11.3 Å². The highest BCUT2D eigenvalue weighted by Crippen LogP contribution is 2.37. The number of nitrogens with one attached hydrogen (secondary N) is 2. The number of anilines is 2. The summed E-state index contributed by atoms with van der Waals surface area (Å²) in [5.41, 5.74) is 4.14. The molecule has 244 valence electrons. The average Bonchev–Trinajstić information content (AvgIpc) is 3.56. The van der Waals surface area contributed by atoms with Crippen LogP contribution in [0.5, 0.6) is 11.5 Å². The van der Waals surface area contributed by atoms with Crippen LogP contribution in [0.25, 0.3) is 22.2 Å². The third-order valence-corrected chi connectivity index (χ3v) is 9.50. The molecule has 0 spiro atoms. The van der Waals surface area contributed by atoms with Crippen molar-refractivity contribution in [1.29, 1.82) is 0 Å². The molecular formula is C34H28BrFN6O4S2. The highest BCUT2D eigenvalue weighted by molar-refractivity contribution is 9.10. The van der Waals surface area contributed by atoms with E-state index < -0.39 is 10.3 Å². The van der Waals surface area contributed by atoms with Gasteiger partial charge in [-0.1, -0.05) is 18.2 Å². The maximum Gasteiger partial charge on any atom is 0.220 e. The van der Waals surface area contributed by atoms with Gasteiger partial charge in [0.25, 0.3) is 0 Å². The molecule has 0 bridgehead atoms. The molecule has 6 aromatic rings. The van der Waals surface area contributed by atoms with E-state index in [0.29, 0.717) is 41.5 Å². The Hall–Kier alpha value is -4.76. The third kappa shape index (κ3) is 8.02. The summed E-state index contributed by atoms with van der Waals surface area (Å²) in [6.45, 7) is 0.927. The molecule has 3 aromatic carbocycles. The Bertz CT molecular complexity index is 2210. The second kappa shape index (κ2) is 15.4. The van der Waals surface area contributed by atoms with Crippen LogP contribution in [0.4, 0.5) is 15.9 Å². The summed E-state index contributed by atoms with van der Waals surface area (Å²) in [7, 11) is -0.779. The zero-order chi connectivity index (χ0) is 33.5. The van der Waals surface area contributed by atoms with Crippen LogP contribution in [-0.2, 0) is 23.3 Å². The lowest BCUT2D eigenvalue weighted by Crippen LogP contribution is -2.26. The molecule has 3 heterocycles. The summed E-state index contributed by atoms with van der Waals surface area (Å²) >= 11 is 5.09. The van der Waals surface area contributed by atoms with Gasteiger partial charge in [0.1, 0.15) is 40.9 Å². The van der Waals surface area contributed by atoms with E-state index in [0.717, 1.165) is 37.4 Å². The van der Waals surface area contributed by atoms with Gasteiger partial charge in [0.15, 0.2) is 0 Å². The van der Waals surface area contributed by atoms with Crippen molar-refractivity contribution in [1.82, 2.24) is 25.3 Å². The van der Waals surface area contributed by atoms with Crippen molar-refractivity contribution in [3.63, 3.8) is 0 Å². The van der Waals surface area contributed by atoms with Crippen LogP contribution in [0.15, 0.2) is 95.2 Å². The lowest BCUT2D eigenvalue weighted by atomic mass is 10.1. The minimum Gasteiger partial charge on any atom is -0.496 e. The minimum absolute atomic E-state index is 0.168. The number of thiazole rings is 1. The number of methoxy groups -OCH3 is 1. The Balaban J connectivity index is 1.16. The van der Waals surface area contributed by atoms with Gasteiger partial charge in [-0.25, -0.2) is 19.3 Å². The van der Waals surface area contributed by atoms with E-state index >= 15 is 0 Å². The Morgan fingerprint density at radius 1 is 1.00 bits per heavy atom. The van der Waals surface area contributed by atoms with Gasteiger partial charge in [-0.05, 0) is 70.0 Å². The largest absolute Gasteiger partial charge is 0.496 e. The first-order valence-corrected chi connectivity index (χ1v) is 17.4. The van der Waals surface area contributed by atoms with Crippen molar-refractivity contribution in [2.24, 2.45) is 0 Å². The molecule has 0 aliphatic rings. The molecule has 0 amide bonds. The molecule has 3 aromatic heterocycles. The standard InChI is InChI=1S/C34H28BrFN6O4S2/c1-45-31-16-28-25(15-24(31)29-19-47-33(42-29)10-12-37-17-32(48(43)44)27-7-2-3-11-38-27)34(40-20-39-28)41-23-8-9-30(26(35)14-23)46-18-21-5-4-6-22(36)13-21/h2-9,11,13-16,19-20,37H,10,12,17-18H2,1H3,(H,39,40,41). The molecule has 2 N–H and O–H groups in total. The van der Waals surface area contributed by atoms with Crippen LogP contribution in [0.2, 0.25) is 0 Å². The van der Waals surface area contributed by atoms with Crippen molar-refractivity contribution < 1.29 is 22.3 Å². The Labute approximate surface area is 289 Å². The quantitative estimate of drug-likeness (QED) is 0.0757. The van der Waals surface area contributed by atoms with Crippen LogP contribution in [-0.4, -0.2) is 53.4 Å². The van der Waals surface area contributed by atoms with Crippen molar-refractivity contribution in [2.75, 3.05) is 25.5 Å². The Morgan fingerprint density at radius 3 is 2.67 bits per heavy atom. The molecule has 14 heteroatoms. The molecule has 0 radical (unpaired) electrons. The molecule has 48 heavy (non-hydrogen) atoms. The first-order chi connectivity index (χ1) is 23.4. The number of aromatic nitrogens is 4. The second-order valence-corrected chi connectivity index (χ2v) is 13.2. The Kier molecular flexibility index (Phi) is 10.7. The number of ether oxygens (including phenoxy) is 2. The molecule has 0 unspecified atom stereocenters. The van der Waals surface area contributed by atoms with Gasteiger partial charge in [-0.2, -0.15) is 8.42 Å². The van der Waals surface area contributed by atoms with Crippen molar-refractivity contribution in [3.8, 4) is 22.8 Å². The normalized spacial score (nSPS) is 11.0. The number of fused-ring (bicyclic) bond motifs is 1. The molecule has 0 atom stereocenters. The fourth-order valence-corrected chi connectivity index (χ4v) is 6.68. The number of hydrogen-bond acceptors (Lipinski definition) is 11. The molecule has 0 aliphatic heterocycles. The van der Waals surface area contributed by atoms with E-state index in [4.69, 9.17) is 14.5 Å². The van der Waals surface area contributed by atoms with E-state index in [1.165, 1.54) is 29.8 Å². The van der Waals surface area contributed by atoms with Gasteiger partial charge in [0.05, 0.1) is 33.5 Å². The molecule has 0 saturated carbocycles. The molecule has 0 aliphatic carbocycles. The summed E-state index contributed by atoms with van der Waals surface area (Å²) in [6, 6.07) is 20.9. The summed E-state index contributed by atoms with van der Waals surface area (Å²) in [6.07, 6.45) is 3.66. The van der Waals surface area contributed by atoms with E-state index in [1.54, 1.807) is 37.6 Å². The fraction of sp³-hybridized carbons (Fsp3) is 0.147. The van der Waals surface area contributed by atoms with Crippen LogP contribution >= 0.6 is 27.3 Å². The number of halogens is 2. The summed E-state index contributed by atoms with van der Waals surface area (Å²) in [4.78, 5) is 18.2. The monoisotopic (exact) mass is 746 g/mol. The molecule has 6 rings (SSSR count). The van der Waals surface area contributed by atoms with E-state index in [1.807, 2.05) is 41.8 Å². The maximum atomic E-state index is 13.5. The summed E-state index contributed by atoms with van der Waals surface area (Å²) in [5.74, 6) is 1.53. The van der Waals surface area contributed by atoms with Crippen LogP contribution in [0, 0.1) is 5.82 Å². The predicted molar refractivity (Wildman–Crippen MR) is 189 cm³/mol. The number of hydrogen-bond donors (Lipinski definition) is 2. The third-order valence-electron chi connectivity index (χ3n) is 7.22. The number of pyridine rings is 1. The van der Waals surface area contributed by atoms with Crippen molar-refractivity contribution >= 4 is 64.8 Å². The predicted octanol–water partition coefficient (Wildman–Crippen LogP) is 6.61. The van der Waals surface area contributed by atoms with Gasteiger partial charge in [-0.3, -0.25) is 4.98 Å². The van der Waals surface area contributed by atoms with E-state index in [2.05, 4.69) is 41.5 Å². The van der Waals surface area contributed by atoms with Gasteiger partial charge >= 0.3 is 0 Å². The summed E-state index contributed by atoms with van der Waals surface area (Å²) in [5, 5.41) is 10.2. The molecular weight excluding hydrogens is 719 g/mol. The first kappa shape index (κ1) is 33.2. The zero-order valence-corrected chi connectivity index (χ0v) is 28.7. The highest BCUT2D eigenvalue weighted by Gasteiger charge is 2.16. The van der Waals surface area contributed by atoms with Crippen molar-refractivity contribution in [2.45, 2.75) is 13.0 Å². The van der Waals surface area contributed by atoms with Crippen LogP contribution in [0.3, 0.4) is 0 Å². The highest BCUT2D eigenvalue weighted by atomic mass is 79.9. The van der Waals surface area contributed by atoms with Crippen LogP contribution in [0.1, 0.15) is 16.3 Å². The summed E-state index contributed by atoms with van der Waals surface area (Å²) < 4.78 is 49.4. The zero-order valence-electron chi connectivity index (χ0n) is 25.5. The minimum atomic E-state index is -2.38. The second-order valence-electron chi connectivity index (χ2n) is 10.4. The Morgan fingerprint density at radius 2 is 1.90 bits per heavy atom.